The Bertz CT molecular complexity index is 923. The number of allylic oxidation sites excluding steroid dienone is 1. The van der Waals surface area contributed by atoms with E-state index in [1.165, 1.54) is 11.1 Å². The molecule has 5 heteroatoms. The number of carbonyl (C=O) groups is 1. The average Bonchev–Trinajstić information content (AvgIpc) is 3.05. The van der Waals surface area contributed by atoms with Crippen LogP contribution in [0, 0.1) is 0 Å². The van der Waals surface area contributed by atoms with Crippen LogP contribution in [0.3, 0.4) is 0 Å². The van der Waals surface area contributed by atoms with Crippen molar-refractivity contribution in [2.45, 2.75) is 31.7 Å². The predicted molar refractivity (Wildman–Crippen MR) is 118 cm³/mol. The highest BCUT2D eigenvalue weighted by Crippen LogP contribution is 2.39. The number of nitrogens with zero attached hydrogens (tertiary/aromatic N) is 1. The van der Waals surface area contributed by atoms with Crippen molar-refractivity contribution in [3.05, 3.63) is 70.3 Å². The Hall–Kier alpha value is -2.30. The maximum atomic E-state index is 13.1. The molecule has 154 valence electrons. The molecule has 0 saturated carbocycles. The van der Waals surface area contributed by atoms with Crippen molar-refractivity contribution in [3.63, 3.8) is 0 Å². The summed E-state index contributed by atoms with van der Waals surface area (Å²) in [6.07, 6.45) is 3.63. The third-order valence-electron chi connectivity index (χ3n) is 6.11. The largest absolute Gasteiger partial charge is 0.493 e. The molecule has 1 unspecified atom stereocenters. The molecule has 1 heterocycles. The molecule has 2 aliphatic rings. The Morgan fingerprint density at radius 2 is 1.76 bits per heavy atom. The molecule has 1 saturated heterocycles. The Morgan fingerprint density at radius 1 is 1.07 bits per heavy atom. The zero-order valence-electron chi connectivity index (χ0n) is 17.2. The topological polar surface area (TPSA) is 38.8 Å². The van der Waals surface area contributed by atoms with Gasteiger partial charge in [-0.15, -0.1) is 12.4 Å². The van der Waals surface area contributed by atoms with Gasteiger partial charge in [-0.1, -0.05) is 35.9 Å². The molecule has 0 N–H and O–H groups in total. The summed E-state index contributed by atoms with van der Waals surface area (Å²) >= 11 is 0. The highest BCUT2D eigenvalue weighted by molar-refractivity contribution is 6.14. The highest BCUT2D eigenvalue weighted by atomic mass is 35.5. The van der Waals surface area contributed by atoms with Crippen molar-refractivity contribution < 1.29 is 14.3 Å². The minimum absolute atomic E-state index is 0. The van der Waals surface area contributed by atoms with Crippen molar-refractivity contribution in [2.24, 2.45) is 0 Å². The van der Waals surface area contributed by atoms with Gasteiger partial charge in [0.25, 0.3) is 0 Å². The minimum atomic E-state index is 0. The number of hydrogen-bond acceptors (Lipinski definition) is 4. The fraction of sp³-hybridized carbons (Fsp3) is 0.375. The van der Waals surface area contributed by atoms with E-state index in [1.54, 1.807) is 14.2 Å². The molecule has 0 bridgehead atoms. The van der Waals surface area contributed by atoms with Crippen LogP contribution < -0.4 is 9.47 Å². The summed E-state index contributed by atoms with van der Waals surface area (Å²) in [6.45, 7) is 0.993. The van der Waals surface area contributed by atoms with Gasteiger partial charge in [0, 0.05) is 30.1 Å². The number of Topliss-reactive ketones (excluding diaryl/α,β-unsaturated/α-hetero) is 1. The molecular weight excluding hydrogens is 386 g/mol. The summed E-state index contributed by atoms with van der Waals surface area (Å²) in [5.41, 5.74) is 5.46. The van der Waals surface area contributed by atoms with Crippen LogP contribution in [0.15, 0.2) is 53.6 Å². The molecule has 1 aliphatic carbocycles. The van der Waals surface area contributed by atoms with Crippen molar-refractivity contribution in [1.82, 2.24) is 4.90 Å². The van der Waals surface area contributed by atoms with Gasteiger partial charge in [-0.2, -0.15) is 0 Å². The zero-order chi connectivity index (χ0) is 19.7. The second-order valence-electron chi connectivity index (χ2n) is 7.73. The first-order valence-electron chi connectivity index (χ1n) is 9.85. The van der Waals surface area contributed by atoms with Crippen LogP contribution in [0.25, 0.3) is 0 Å². The van der Waals surface area contributed by atoms with E-state index in [-0.39, 0.29) is 18.2 Å². The molecule has 4 nitrogen and oxygen atoms in total. The van der Waals surface area contributed by atoms with E-state index in [4.69, 9.17) is 9.47 Å². The lowest BCUT2D eigenvalue weighted by Gasteiger charge is -2.35. The quantitative estimate of drug-likeness (QED) is 0.692. The lowest BCUT2D eigenvalue weighted by Crippen LogP contribution is -2.39. The standard InChI is InChI=1S/C24H27NO3.ClH/c1-25-10-9-17(12-19(25)11-16-7-5-4-6-8-16)20-13-18-14-22(27-2)23(28-3)15-21(18)24(20)26;/h4-8,14-15,19H,9-13H2,1-3H3;1H. The predicted octanol–water partition coefficient (Wildman–Crippen LogP) is 4.50. The molecule has 29 heavy (non-hydrogen) atoms. The number of halogens is 1. The first-order valence-corrected chi connectivity index (χ1v) is 9.85. The fourth-order valence-electron chi connectivity index (χ4n) is 4.42. The second-order valence-corrected chi connectivity index (χ2v) is 7.73. The van der Waals surface area contributed by atoms with Crippen LogP contribution in [0.2, 0.25) is 0 Å². The van der Waals surface area contributed by atoms with Crippen LogP contribution in [0.1, 0.15) is 34.3 Å². The van der Waals surface area contributed by atoms with Crippen molar-refractivity contribution in [2.75, 3.05) is 27.8 Å². The van der Waals surface area contributed by atoms with Crippen LogP contribution >= 0.6 is 12.4 Å². The van der Waals surface area contributed by atoms with Crippen molar-refractivity contribution in [1.29, 1.82) is 0 Å². The van der Waals surface area contributed by atoms with E-state index in [0.29, 0.717) is 24.0 Å². The number of ketones is 1. The molecule has 2 aromatic carbocycles. The van der Waals surface area contributed by atoms with Gasteiger partial charge in [0.1, 0.15) is 0 Å². The lowest BCUT2D eigenvalue weighted by molar-refractivity contribution is 0.103. The normalized spacial score (nSPS) is 21.5. The maximum Gasteiger partial charge on any atom is 0.189 e. The molecule has 1 fully saturated rings. The van der Waals surface area contributed by atoms with E-state index in [0.717, 1.165) is 42.5 Å². The van der Waals surface area contributed by atoms with E-state index < -0.39 is 0 Å². The van der Waals surface area contributed by atoms with Crippen molar-refractivity contribution in [3.8, 4) is 11.5 Å². The summed E-state index contributed by atoms with van der Waals surface area (Å²) in [5, 5.41) is 0. The molecule has 1 aliphatic heterocycles. The molecular formula is C24H28ClNO3. The number of likely N-dealkylation sites (tertiary alicyclic amines) is 1. The fourth-order valence-corrected chi connectivity index (χ4v) is 4.42. The average molecular weight is 414 g/mol. The summed E-state index contributed by atoms with van der Waals surface area (Å²) in [5.74, 6) is 1.46. The molecule has 2 aromatic rings. The van der Waals surface area contributed by atoms with Gasteiger partial charge in [0.05, 0.1) is 14.2 Å². The third-order valence-corrected chi connectivity index (χ3v) is 6.11. The number of methoxy groups -OCH3 is 2. The van der Waals surface area contributed by atoms with Crippen molar-refractivity contribution >= 4 is 18.2 Å². The van der Waals surface area contributed by atoms with Crippen LogP contribution in [-0.4, -0.2) is 44.5 Å². The Kier molecular flexibility index (Phi) is 6.66. The Labute approximate surface area is 178 Å². The van der Waals surface area contributed by atoms with Gasteiger partial charge in [-0.05, 0) is 49.6 Å². The lowest BCUT2D eigenvalue weighted by atomic mass is 9.88. The number of piperidine rings is 1. The summed E-state index contributed by atoms with van der Waals surface area (Å²) in [4.78, 5) is 15.6. The third kappa shape index (κ3) is 4.19. The molecule has 4 rings (SSSR count). The zero-order valence-corrected chi connectivity index (χ0v) is 18.1. The number of carbonyl (C=O) groups excluding carboxylic acids is 1. The van der Waals surface area contributed by atoms with Gasteiger partial charge < -0.3 is 14.4 Å². The first kappa shape index (κ1) is 21.4. The van der Waals surface area contributed by atoms with Crippen LogP contribution in [0.4, 0.5) is 0 Å². The van der Waals surface area contributed by atoms with Crippen LogP contribution in [0.5, 0.6) is 11.5 Å². The number of likely N-dealkylation sites (N-methyl/N-ethyl adjacent to an activating group) is 1. The number of rotatable bonds is 4. The molecule has 0 amide bonds. The number of ether oxygens (including phenoxy) is 2. The van der Waals surface area contributed by atoms with Gasteiger partial charge in [-0.3, -0.25) is 4.79 Å². The van der Waals surface area contributed by atoms with E-state index in [9.17, 15) is 4.79 Å². The summed E-state index contributed by atoms with van der Waals surface area (Å²) in [7, 11) is 5.43. The Morgan fingerprint density at radius 3 is 2.45 bits per heavy atom. The van der Waals surface area contributed by atoms with Gasteiger partial charge in [0.15, 0.2) is 17.3 Å². The van der Waals surface area contributed by atoms with Gasteiger partial charge in [-0.25, -0.2) is 0 Å². The number of hydrogen-bond donors (Lipinski definition) is 0. The maximum absolute atomic E-state index is 13.1. The minimum Gasteiger partial charge on any atom is -0.493 e. The smallest absolute Gasteiger partial charge is 0.189 e. The monoisotopic (exact) mass is 413 g/mol. The van der Waals surface area contributed by atoms with Gasteiger partial charge >= 0.3 is 0 Å². The molecule has 0 radical (unpaired) electrons. The van der Waals surface area contributed by atoms with Gasteiger partial charge in [0.2, 0.25) is 0 Å². The number of benzene rings is 2. The Balaban J connectivity index is 0.00000240. The highest BCUT2D eigenvalue weighted by Gasteiger charge is 2.32. The number of fused-ring (bicyclic) bond motifs is 1. The first-order chi connectivity index (χ1) is 13.6. The van der Waals surface area contributed by atoms with E-state index in [1.807, 2.05) is 12.1 Å². The van der Waals surface area contributed by atoms with Crippen LogP contribution in [-0.2, 0) is 12.8 Å². The molecule has 0 spiro atoms. The second kappa shape index (κ2) is 9.02. The summed E-state index contributed by atoms with van der Waals surface area (Å²) < 4.78 is 10.8. The molecule has 0 aromatic heterocycles. The van der Waals surface area contributed by atoms with E-state index >= 15 is 0 Å². The molecule has 1 atom stereocenters. The van der Waals surface area contributed by atoms with E-state index in [2.05, 4.69) is 42.3 Å². The summed E-state index contributed by atoms with van der Waals surface area (Å²) in [6, 6.07) is 14.8. The SMILES string of the molecule is COc1cc2c(cc1OC)C(=O)C(=C1CCN(C)C(Cc3ccccc3)C1)C2.Cl.